The summed E-state index contributed by atoms with van der Waals surface area (Å²) in [5, 5.41) is 3.14. The summed E-state index contributed by atoms with van der Waals surface area (Å²) in [4.78, 5) is 26.3. The molecule has 1 fully saturated rings. The number of nitrogens with zero attached hydrogens (tertiary/aromatic N) is 1. The van der Waals surface area contributed by atoms with Crippen molar-refractivity contribution in [3.8, 4) is 0 Å². The molecule has 8 nitrogen and oxygen atoms in total. The van der Waals surface area contributed by atoms with Gasteiger partial charge in [0.05, 0.1) is 30.3 Å². The quantitative estimate of drug-likeness (QED) is 0.450. The molecule has 0 heterocycles. The van der Waals surface area contributed by atoms with E-state index in [0.717, 1.165) is 31.9 Å². The van der Waals surface area contributed by atoms with Gasteiger partial charge < -0.3 is 14.8 Å². The SMILES string of the molecule is CS(=O)(=O)CCNC(=O)COCC1CCC(COC(=O)N(c2ccccc2)c2ccc(Cl)cc2)CC1. The fourth-order valence-electron chi connectivity index (χ4n) is 4.09. The highest BCUT2D eigenvalue weighted by Gasteiger charge is 2.25. The van der Waals surface area contributed by atoms with Gasteiger partial charge in [-0.2, -0.15) is 0 Å². The van der Waals surface area contributed by atoms with Gasteiger partial charge in [-0.15, -0.1) is 0 Å². The van der Waals surface area contributed by atoms with Gasteiger partial charge in [0.1, 0.15) is 16.4 Å². The number of ether oxygens (including phenoxy) is 2. The molecule has 36 heavy (non-hydrogen) atoms. The van der Waals surface area contributed by atoms with E-state index in [-0.39, 0.29) is 30.7 Å². The smallest absolute Gasteiger partial charge is 0.418 e. The second-order valence-corrected chi connectivity index (χ2v) is 11.8. The molecule has 2 aromatic rings. The molecule has 2 amide bonds. The molecule has 2 aromatic carbocycles. The minimum Gasteiger partial charge on any atom is -0.449 e. The second kappa shape index (κ2) is 13.6. The van der Waals surface area contributed by atoms with Crippen molar-refractivity contribution < 1.29 is 27.5 Å². The Morgan fingerprint density at radius 1 is 0.944 bits per heavy atom. The zero-order chi connectivity index (χ0) is 26.0. The summed E-state index contributed by atoms with van der Waals surface area (Å²) in [6.45, 7) is 0.822. The van der Waals surface area contributed by atoms with E-state index < -0.39 is 15.9 Å². The minimum absolute atomic E-state index is 0.0820. The normalized spacial score (nSPS) is 17.8. The van der Waals surface area contributed by atoms with Crippen LogP contribution in [-0.4, -0.2) is 58.8 Å². The number of para-hydroxylation sites is 1. The number of benzene rings is 2. The number of nitrogens with one attached hydrogen (secondary N) is 1. The average Bonchev–Trinajstić information content (AvgIpc) is 2.85. The Morgan fingerprint density at radius 3 is 2.14 bits per heavy atom. The Labute approximate surface area is 217 Å². The molecule has 0 radical (unpaired) electrons. The predicted molar refractivity (Wildman–Crippen MR) is 140 cm³/mol. The Morgan fingerprint density at radius 2 is 1.53 bits per heavy atom. The lowest BCUT2D eigenvalue weighted by molar-refractivity contribution is -0.126. The number of rotatable bonds is 11. The molecular formula is C26H33ClN2O6S. The lowest BCUT2D eigenvalue weighted by Crippen LogP contribution is -2.32. The van der Waals surface area contributed by atoms with Crippen LogP contribution in [0.1, 0.15) is 25.7 Å². The zero-order valence-electron chi connectivity index (χ0n) is 20.4. The molecule has 0 bridgehead atoms. The minimum atomic E-state index is -3.10. The summed E-state index contributed by atoms with van der Waals surface area (Å²) >= 11 is 6.02. The van der Waals surface area contributed by atoms with Crippen LogP contribution in [0.25, 0.3) is 0 Å². The van der Waals surface area contributed by atoms with Gasteiger partial charge in [-0.25, -0.2) is 18.1 Å². The third kappa shape index (κ3) is 9.44. The number of halogens is 1. The molecule has 3 rings (SSSR count). The Bertz CT molecular complexity index is 1090. The van der Waals surface area contributed by atoms with Crippen molar-refractivity contribution in [2.45, 2.75) is 25.7 Å². The number of anilines is 2. The first kappa shape index (κ1) is 28.0. The summed E-state index contributed by atoms with van der Waals surface area (Å²) in [5.74, 6) is 0.210. The summed E-state index contributed by atoms with van der Waals surface area (Å²) in [6.07, 6.45) is 4.37. The van der Waals surface area contributed by atoms with E-state index >= 15 is 0 Å². The molecule has 0 aliphatic heterocycles. The maximum atomic E-state index is 13.1. The molecule has 0 spiro atoms. The molecular weight excluding hydrogens is 504 g/mol. The number of carbonyl (C=O) groups is 2. The van der Waals surface area contributed by atoms with E-state index in [9.17, 15) is 18.0 Å². The van der Waals surface area contributed by atoms with E-state index in [1.807, 2.05) is 30.3 Å². The van der Waals surface area contributed by atoms with Crippen molar-refractivity contribution in [2.75, 3.05) is 43.3 Å². The number of amides is 2. The summed E-state index contributed by atoms with van der Waals surface area (Å²) in [7, 11) is -3.10. The Hall–Kier alpha value is -2.62. The molecule has 10 heteroatoms. The van der Waals surface area contributed by atoms with Gasteiger partial charge in [0.15, 0.2) is 0 Å². The van der Waals surface area contributed by atoms with Crippen LogP contribution in [0.3, 0.4) is 0 Å². The van der Waals surface area contributed by atoms with Crippen molar-refractivity contribution in [1.29, 1.82) is 0 Å². The van der Waals surface area contributed by atoms with Crippen LogP contribution in [0.2, 0.25) is 5.02 Å². The van der Waals surface area contributed by atoms with Gasteiger partial charge in [0.2, 0.25) is 5.91 Å². The van der Waals surface area contributed by atoms with Crippen molar-refractivity contribution in [2.24, 2.45) is 11.8 Å². The molecule has 1 N–H and O–H groups in total. The highest BCUT2D eigenvalue weighted by Crippen LogP contribution is 2.31. The molecule has 1 aliphatic carbocycles. The molecule has 0 saturated heterocycles. The van der Waals surface area contributed by atoms with Gasteiger partial charge in [-0.1, -0.05) is 29.8 Å². The number of hydrogen-bond donors (Lipinski definition) is 1. The molecule has 1 saturated carbocycles. The fourth-order valence-corrected chi connectivity index (χ4v) is 4.69. The van der Waals surface area contributed by atoms with Gasteiger partial charge in [0, 0.05) is 17.8 Å². The average molecular weight is 537 g/mol. The van der Waals surface area contributed by atoms with E-state index in [4.69, 9.17) is 21.1 Å². The molecule has 1 aliphatic rings. The molecule has 0 atom stereocenters. The standard InChI is InChI=1S/C26H33ClN2O6S/c1-36(32,33)16-15-28-25(30)19-34-17-20-7-9-21(10-8-20)18-35-26(31)29(23-5-3-2-4-6-23)24-13-11-22(27)12-14-24/h2-6,11-14,20-21H,7-10,15-19H2,1H3,(H,28,30). The van der Waals surface area contributed by atoms with E-state index in [1.54, 1.807) is 24.3 Å². The second-order valence-electron chi connectivity index (χ2n) is 9.11. The van der Waals surface area contributed by atoms with Crippen LogP contribution >= 0.6 is 11.6 Å². The van der Waals surface area contributed by atoms with Gasteiger partial charge in [0.25, 0.3) is 0 Å². The maximum Gasteiger partial charge on any atom is 0.418 e. The Kier molecular flexibility index (Phi) is 10.6. The lowest BCUT2D eigenvalue weighted by atomic mass is 9.83. The van der Waals surface area contributed by atoms with E-state index in [0.29, 0.717) is 35.5 Å². The highest BCUT2D eigenvalue weighted by molar-refractivity contribution is 7.90. The summed E-state index contributed by atoms with van der Waals surface area (Å²) in [5.41, 5.74) is 1.39. The molecule has 0 unspecified atom stereocenters. The summed E-state index contributed by atoms with van der Waals surface area (Å²) < 4.78 is 33.4. The van der Waals surface area contributed by atoms with Gasteiger partial charge in [-0.3, -0.25) is 4.79 Å². The van der Waals surface area contributed by atoms with Crippen LogP contribution in [-0.2, 0) is 24.1 Å². The third-order valence-corrected chi connectivity index (χ3v) is 7.27. The van der Waals surface area contributed by atoms with E-state index in [2.05, 4.69) is 5.32 Å². The third-order valence-electron chi connectivity index (χ3n) is 6.07. The van der Waals surface area contributed by atoms with E-state index in [1.165, 1.54) is 4.90 Å². The highest BCUT2D eigenvalue weighted by atomic mass is 35.5. The van der Waals surface area contributed by atoms with Crippen molar-refractivity contribution in [3.63, 3.8) is 0 Å². The van der Waals surface area contributed by atoms with Crippen LogP contribution in [0.4, 0.5) is 16.2 Å². The topological polar surface area (TPSA) is 102 Å². The van der Waals surface area contributed by atoms with Gasteiger partial charge in [-0.05, 0) is 73.9 Å². The van der Waals surface area contributed by atoms with Crippen molar-refractivity contribution >= 4 is 44.8 Å². The van der Waals surface area contributed by atoms with Crippen LogP contribution < -0.4 is 10.2 Å². The van der Waals surface area contributed by atoms with Crippen LogP contribution in [0.15, 0.2) is 54.6 Å². The fraction of sp³-hybridized carbons (Fsp3) is 0.462. The maximum absolute atomic E-state index is 13.1. The first-order chi connectivity index (χ1) is 17.2. The first-order valence-electron chi connectivity index (χ1n) is 12.0. The van der Waals surface area contributed by atoms with Crippen molar-refractivity contribution in [1.82, 2.24) is 5.32 Å². The number of hydrogen-bond acceptors (Lipinski definition) is 6. The number of sulfone groups is 1. The van der Waals surface area contributed by atoms with Crippen LogP contribution in [0.5, 0.6) is 0 Å². The molecule has 0 aromatic heterocycles. The summed E-state index contributed by atoms with van der Waals surface area (Å²) in [6, 6.07) is 16.4. The lowest BCUT2D eigenvalue weighted by Gasteiger charge is -2.29. The molecule has 196 valence electrons. The van der Waals surface area contributed by atoms with Crippen LogP contribution in [0, 0.1) is 11.8 Å². The van der Waals surface area contributed by atoms with Crippen molar-refractivity contribution in [3.05, 3.63) is 59.6 Å². The first-order valence-corrected chi connectivity index (χ1v) is 14.4. The number of carbonyl (C=O) groups excluding carboxylic acids is 2. The Balaban J connectivity index is 1.40. The predicted octanol–water partition coefficient (Wildman–Crippen LogP) is 4.60. The monoisotopic (exact) mass is 536 g/mol. The van der Waals surface area contributed by atoms with Gasteiger partial charge >= 0.3 is 6.09 Å². The largest absolute Gasteiger partial charge is 0.449 e. The zero-order valence-corrected chi connectivity index (χ0v) is 22.0.